The second-order valence-electron chi connectivity index (χ2n) is 7.86. The maximum absolute atomic E-state index is 13.1. The summed E-state index contributed by atoms with van der Waals surface area (Å²) >= 11 is 0. The highest BCUT2D eigenvalue weighted by atomic mass is 32.2. The Hall–Kier alpha value is -4.29. The minimum Gasteiger partial charge on any atom is -0.356 e. The zero-order valence-corrected chi connectivity index (χ0v) is 19.1. The predicted octanol–water partition coefficient (Wildman–Crippen LogP) is 7.13. The Bertz CT molecular complexity index is 1530. The largest absolute Gasteiger partial charge is 0.356 e. The van der Waals surface area contributed by atoms with Crippen molar-refractivity contribution in [3.63, 3.8) is 0 Å². The van der Waals surface area contributed by atoms with Crippen molar-refractivity contribution in [3.8, 4) is 0 Å². The monoisotopic (exact) mass is 465 g/mol. The standard InChI is InChI=1S/C28H23N3O2S/c32-34(33,28-15-6-9-21-8-4-5-14-27(21)28)31-26-13-7-12-25(20-26)30-24-18-16-23(17-19-24)29-22-10-2-1-3-11-22/h1-20,29-31H. The molecule has 5 rings (SSSR count). The van der Waals surface area contributed by atoms with E-state index < -0.39 is 10.0 Å². The second kappa shape index (κ2) is 9.29. The van der Waals surface area contributed by atoms with E-state index in [1.165, 1.54) is 0 Å². The fourth-order valence-corrected chi connectivity index (χ4v) is 5.07. The number of para-hydroxylation sites is 1. The summed E-state index contributed by atoms with van der Waals surface area (Å²) in [7, 11) is -3.75. The third-order valence-corrected chi connectivity index (χ3v) is 6.83. The van der Waals surface area contributed by atoms with Gasteiger partial charge in [-0.1, -0.05) is 60.7 Å². The normalized spacial score (nSPS) is 11.2. The van der Waals surface area contributed by atoms with Crippen LogP contribution in [0.5, 0.6) is 0 Å². The molecule has 0 bridgehead atoms. The van der Waals surface area contributed by atoms with Crippen molar-refractivity contribution < 1.29 is 8.42 Å². The van der Waals surface area contributed by atoms with Gasteiger partial charge in [-0.2, -0.15) is 0 Å². The minimum absolute atomic E-state index is 0.255. The van der Waals surface area contributed by atoms with E-state index in [4.69, 9.17) is 0 Å². The molecule has 34 heavy (non-hydrogen) atoms. The molecule has 0 atom stereocenters. The van der Waals surface area contributed by atoms with E-state index >= 15 is 0 Å². The van der Waals surface area contributed by atoms with Crippen molar-refractivity contribution in [2.45, 2.75) is 4.90 Å². The van der Waals surface area contributed by atoms with Gasteiger partial charge in [0.25, 0.3) is 10.0 Å². The molecule has 0 spiro atoms. The van der Waals surface area contributed by atoms with Gasteiger partial charge in [0.1, 0.15) is 0 Å². The highest BCUT2D eigenvalue weighted by Crippen LogP contribution is 2.27. The summed E-state index contributed by atoms with van der Waals surface area (Å²) in [6.45, 7) is 0. The van der Waals surface area contributed by atoms with Crippen LogP contribution in [0.2, 0.25) is 0 Å². The number of fused-ring (bicyclic) bond motifs is 1. The Kier molecular flexibility index (Phi) is 5.89. The molecule has 3 N–H and O–H groups in total. The van der Waals surface area contributed by atoms with E-state index in [9.17, 15) is 8.42 Å². The molecule has 0 heterocycles. The molecule has 5 aromatic carbocycles. The van der Waals surface area contributed by atoms with E-state index in [2.05, 4.69) is 15.4 Å². The van der Waals surface area contributed by atoms with Gasteiger partial charge in [-0.3, -0.25) is 4.72 Å². The molecule has 0 aliphatic heterocycles. The number of hydrogen-bond donors (Lipinski definition) is 3. The summed E-state index contributed by atoms with van der Waals surface area (Å²) in [4.78, 5) is 0.255. The second-order valence-corrected chi connectivity index (χ2v) is 9.51. The zero-order chi connectivity index (χ0) is 23.4. The Morgan fingerprint density at radius 1 is 0.471 bits per heavy atom. The first kappa shape index (κ1) is 21.6. The van der Waals surface area contributed by atoms with Crippen LogP contribution in [0, 0.1) is 0 Å². The molecule has 0 fully saturated rings. The lowest BCUT2D eigenvalue weighted by Crippen LogP contribution is -2.13. The van der Waals surface area contributed by atoms with Crippen LogP contribution in [0.25, 0.3) is 10.8 Å². The molecule has 0 radical (unpaired) electrons. The number of anilines is 5. The Morgan fingerprint density at radius 2 is 1.00 bits per heavy atom. The lowest BCUT2D eigenvalue weighted by atomic mass is 10.1. The van der Waals surface area contributed by atoms with E-state index in [0.717, 1.165) is 28.1 Å². The number of benzene rings is 5. The molecule has 5 nitrogen and oxygen atoms in total. The van der Waals surface area contributed by atoms with Gasteiger partial charge < -0.3 is 10.6 Å². The first-order chi connectivity index (χ1) is 16.6. The van der Waals surface area contributed by atoms with Gasteiger partial charge in [0.15, 0.2) is 0 Å². The van der Waals surface area contributed by atoms with Crippen LogP contribution in [0.15, 0.2) is 126 Å². The van der Waals surface area contributed by atoms with Gasteiger partial charge in [-0.15, -0.1) is 0 Å². The van der Waals surface area contributed by atoms with Gasteiger partial charge in [-0.25, -0.2) is 8.42 Å². The maximum atomic E-state index is 13.1. The van der Waals surface area contributed by atoms with E-state index in [1.54, 1.807) is 24.3 Å². The van der Waals surface area contributed by atoms with E-state index in [0.29, 0.717) is 11.1 Å². The Morgan fingerprint density at radius 3 is 1.76 bits per heavy atom. The fraction of sp³-hybridized carbons (Fsp3) is 0. The van der Waals surface area contributed by atoms with Gasteiger partial charge in [0.2, 0.25) is 0 Å². The summed E-state index contributed by atoms with van der Waals surface area (Å²) in [5.41, 5.74) is 4.16. The van der Waals surface area contributed by atoms with Crippen LogP contribution >= 0.6 is 0 Å². The number of rotatable bonds is 7. The molecule has 0 saturated heterocycles. The first-order valence-electron chi connectivity index (χ1n) is 10.9. The summed E-state index contributed by atoms with van der Waals surface area (Å²) in [5.74, 6) is 0. The third-order valence-electron chi connectivity index (χ3n) is 5.39. The molecule has 0 aliphatic carbocycles. The van der Waals surface area contributed by atoms with Crippen molar-refractivity contribution in [1.82, 2.24) is 0 Å². The average molecular weight is 466 g/mol. The molecule has 168 valence electrons. The fourth-order valence-electron chi connectivity index (χ4n) is 3.79. The van der Waals surface area contributed by atoms with Crippen molar-refractivity contribution >= 4 is 49.2 Å². The Balaban J connectivity index is 1.32. The predicted molar refractivity (Wildman–Crippen MR) is 141 cm³/mol. The van der Waals surface area contributed by atoms with Gasteiger partial charge in [0, 0.05) is 28.1 Å². The van der Waals surface area contributed by atoms with Crippen LogP contribution < -0.4 is 15.4 Å². The first-order valence-corrected chi connectivity index (χ1v) is 12.3. The van der Waals surface area contributed by atoms with Crippen LogP contribution in [-0.4, -0.2) is 8.42 Å². The molecular weight excluding hydrogens is 442 g/mol. The van der Waals surface area contributed by atoms with E-state index in [1.807, 2.05) is 97.1 Å². The summed E-state index contributed by atoms with van der Waals surface area (Å²) in [5, 5.41) is 8.25. The molecule has 0 amide bonds. The molecular formula is C28H23N3O2S. The maximum Gasteiger partial charge on any atom is 0.262 e. The average Bonchev–Trinajstić information content (AvgIpc) is 2.85. The van der Waals surface area contributed by atoms with Crippen molar-refractivity contribution in [3.05, 3.63) is 121 Å². The molecule has 6 heteroatoms. The smallest absolute Gasteiger partial charge is 0.262 e. The summed E-state index contributed by atoms with van der Waals surface area (Å²) in [6, 6.07) is 37.8. The van der Waals surface area contributed by atoms with Crippen LogP contribution in [-0.2, 0) is 10.0 Å². The lowest BCUT2D eigenvalue weighted by Gasteiger charge is -2.13. The van der Waals surface area contributed by atoms with Crippen LogP contribution in [0.3, 0.4) is 0 Å². The number of nitrogens with one attached hydrogen (secondary N) is 3. The van der Waals surface area contributed by atoms with Crippen molar-refractivity contribution in [2.24, 2.45) is 0 Å². The number of hydrogen-bond acceptors (Lipinski definition) is 4. The van der Waals surface area contributed by atoms with Gasteiger partial charge in [-0.05, 0) is 66.0 Å². The zero-order valence-electron chi connectivity index (χ0n) is 18.3. The number of sulfonamides is 1. The quantitative estimate of drug-likeness (QED) is 0.239. The SMILES string of the molecule is O=S(=O)(Nc1cccc(Nc2ccc(Nc3ccccc3)cc2)c1)c1cccc2ccccc12. The molecule has 0 saturated carbocycles. The lowest BCUT2D eigenvalue weighted by molar-refractivity contribution is 0.602. The highest BCUT2D eigenvalue weighted by Gasteiger charge is 2.17. The van der Waals surface area contributed by atoms with Crippen LogP contribution in [0.1, 0.15) is 0 Å². The highest BCUT2D eigenvalue weighted by molar-refractivity contribution is 7.93. The van der Waals surface area contributed by atoms with Gasteiger partial charge >= 0.3 is 0 Å². The summed E-state index contributed by atoms with van der Waals surface area (Å²) in [6.07, 6.45) is 0. The molecule has 5 aromatic rings. The molecule has 0 unspecified atom stereocenters. The van der Waals surface area contributed by atoms with Crippen molar-refractivity contribution in [2.75, 3.05) is 15.4 Å². The van der Waals surface area contributed by atoms with Crippen molar-refractivity contribution in [1.29, 1.82) is 0 Å². The van der Waals surface area contributed by atoms with E-state index in [-0.39, 0.29) is 4.90 Å². The molecule has 0 aliphatic rings. The Labute approximate surface area is 199 Å². The van der Waals surface area contributed by atoms with Gasteiger partial charge in [0.05, 0.1) is 10.6 Å². The molecule has 0 aromatic heterocycles. The minimum atomic E-state index is -3.75. The summed E-state index contributed by atoms with van der Waals surface area (Å²) < 4.78 is 29.0. The van der Waals surface area contributed by atoms with Crippen LogP contribution in [0.4, 0.5) is 28.4 Å². The topological polar surface area (TPSA) is 70.2 Å². The third kappa shape index (κ3) is 4.87.